The normalized spacial score (nSPS) is 11.2. The topological polar surface area (TPSA) is 38.3 Å². The third-order valence-electron chi connectivity index (χ3n) is 1.68. The van der Waals surface area contributed by atoms with Crippen molar-refractivity contribution in [1.82, 2.24) is 5.32 Å². The van der Waals surface area contributed by atoms with Crippen molar-refractivity contribution < 1.29 is 9.53 Å². The second-order valence-electron chi connectivity index (χ2n) is 2.83. The Labute approximate surface area is 99.4 Å². The molecule has 0 aromatic heterocycles. The molecule has 0 saturated carbocycles. The molecule has 0 unspecified atom stereocenters. The third kappa shape index (κ3) is 6.23. The lowest BCUT2D eigenvalue weighted by molar-refractivity contribution is -0.139. The number of carbonyl (C=O) groups is 1. The summed E-state index contributed by atoms with van der Waals surface area (Å²) in [6.45, 7) is 2.58. The van der Waals surface area contributed by atoms with Crippen LogP contribution in [0.3, 0.4) is 0 Å². The Morgan fingerprint density at radius 3 is 2.79 bits per heavy atom. The van der Waals surface area contributed by atoms with Gasteiger partial charge in [0.2, 0.25) is 0 Å². The molecule has 0 amide bonds. The summed E-state index contributed by atoms with van der Waals surface area (Å²) in [7, 11) is 1.74. The zero-order valence-electron chi connectivity index (χ0n) is 8.81. The average molecular weight is 311 g/mol. The quantitative estimate of drug-likeness (QED) is 0.258. The minimum Gasteiger partial charge on any atom is -0.461 e. The first-order valence-electron chi connectivity index (χ1n) is 4.87. The summed E-state index contributed by atoms with van der Waals surface area (Å²) in [4.78, 5) is 11.4. The molecule has 0 aliphatic rings. The fourth-order valence-corrected chi connectivity index (χ4v) is 1.18. The summed E-state index contributed by atoms with van der Waals surface area (Å²) in [5.74, 6) is -0.245. The number of halogens is 1. The van der Waals surface area contributed by atoms with E-state index in [-0.39, 0.29) is 5.97 Å². The lowest BCUT2D eigenvalue weighted by atomic mass is 10.3. The van der Waals surface area contributed by atoms with Crippen molar-refractivity contribution in [3.8, 4) is 0 Å². The molecule has 1 N–H and O–H groups in total. The lowest BCUT2D eigenvalue weighted by Crippen LogP contribution is -2.19. The molecule has 0 heterocycles. The predicted molar refractivity (Wildman–Crippen MR) is 66.5 cm³/mol. The minimum absolute atomic E-state index is 0.245. The first-order chi connectivity index (χ1) is 6.76. The van der Waals surface area contributed by atoms with Gasteiger partial charge < -0.3 is 10.1 Å². The van der Waals surface area contributed by atoms with Gasteiger partial charge in [-0.3, -0.25) is 0 Å². The Morgan fingerprint density at radius 1 is 1.57 bits per heavy atom. The highest BCUT2D eigenvalue weighted by Gasteiger charge is 2.07. The van der Waals surface area contributed by atoms with Gasteiger partial charge >= 0.3 is 5.97 Å². The number of hydrogen-bond acceptors (Lipinski definition) is 3. The van der Waals surface area contributed by atoms with Crippen LogP contribution in [0.2, 0.25) is 0 Å². The molecule has 0 fully saturated rings. The zero-order chi connectivity index (χ0) is 10.8. The van der Waals surface area contributed by atoms with Crippen molar-refractivity contribution in [1.29, 1.82) is 0 Å². The van der Waals surface area contributed by atoms with Gasteiger partial charge in [0.25, 0.3) is 0 Å². The van der Waals surface area contributed by atoms with E-state index in [4.69, 9.17) is 4.74 Å². The molecular weight excluding hydrogens is 293 g/mol. The van der Waals surface area contributed by atoms with Crippen LogP contribution in [0.1, 0.15) is 26.2 Å². The van der Waals surface area contributed by atoms with Gasteiger partial charge in [0.15, 0.2) is 0 Å². The maximum absolute atomic E-state index is 11.4. The van der Waals surface area contributed by atoms with Crippen molar-refractivity contribution in [3.05, 3.63) is 11.8 Å². The number of rotatable bonds is 7. The van der Waals surface area contributed by atoms with E-state index < -0.39 is 0 Å². The van der Waals surface area contributed by atoms with Gasteiger partial charge in [-0.2, -0.15) is 0 Å². The largest absolute Gasteiger partial charge is 0.461 e. The second-order valence-corrected chi connectivity index (χ2v) is 3.91. The van der Waals surface area contributed by atoms with E-state index in [9.17, 15) is 4.79 Å². The van der Waals surface area contributed by atoms with E-state index >= 15 is 0 Å². The minimum atomic E-state index is -0.245. The highest BCUT2D eigenvalue weighted by molar-refractivity contribution is 14.1. The number of carbonyl (C=O) groups excluding carboxylic acids is 1. The Hall–Kier alpha value is -0.260. The molecule has 82 valence electrons. The fourth-order valence-electron chi connectivity index (χ4n) is 0.873. The average Bonchev–Trinajstić information content (AvgIpc) is 2.19. The van der Waals surface area contributed by atoms with Gasteiger partial charge in [0.1, 0.15) is 5.70 Å². The molecule has 4 heteroatoms. The molecule has 0 bridgehead atoms. The summed E-state index contributed by atoms with van der Waals surface area (Å²) >= 11 is 2.27. The molecule has 3 nitrogen and oxygen atoms in total. The van der Waals surface area contributed by atoms with Crippen LogP contribution >= 0.6 is 22.6 Å². The number of alkyl halides is 1. The number of esters is 1. The van der Waals surface area contributed by atoms with Crippen LogP contribution in [-0.2, 0) is 9.53 Å². The molecular formula is C10H18INO2. The molecule has 0 aliphatic heterocycles. The van der Waals surface area contributed by atoms with E-state index in [1.807, 2.05) is 6.08 Å². The smallest absolute Gasteiger partial charge is 0.354 e. The van der Waals surface area contributed by atoms with Crippen LogP contribution in [0, 0.1) is 0 Å². The zero-order valence-corrected chi connectivity index (χ0v) is 11.0. The number of allylic oxidation sites excluding steroid dienone is 1. The van der Waals surface area contributed by atoms with Crippen LogP contribution in [0.5, 0.6) is 0 Å². The number of unbranched alkanes of at least 4 members (excludes halogenated alkanes) is 1. The summed E-state index contributed by atoms with van der Waals surface area (Å²) < 4.78 is 6.07. The number of likely N-dealkylation sites (N-methyl/N-ethyl adjacent to an activating group) is 1. The van der Waals surface area contributed by atoms with Crippen LogP contribution < -0.4 is 5.32 Å². The predicted octanol–water partition coefficient (Wildman–Crippen LogP) is 2.26. The molecule has 0 aromatic carbocycles. The summed E-state index contributed by atoms with van der Waals surface area (Å²) in [5.41, 5.74) is 0.567. The first kappa shape index (κ1) is 13.7. The summed E-state index contributed by atoms with van der Waals surface area (Å²) in [6.07, 6.45) is 4.73. The third-order valence-corrected chi connectivity index (χ3v) is 2.30. The van der Waals surface area contributed by atoms with Crippen molar-refractivity contribution in [2.24, 2.45) is 0 Å². The fraction of sp³-hybridized carbons (Fsp3) is 0.700. The van der Waals surface area contributed by atoms with E-state index in [1.54, 1.807) is 7.05 Å². The number of nitrogens with one attached hydrogen (secondary N) is 1. The maximum Gasteiger partial charge on any atom is 0.354 e. The van der Waals surface area contributed by atoms with Gasteiger partial charge in [0, 0.05) is 11.5 Å². The summed E-state index contributed by atoms with van der Waals surface area (Å²) in [6, 6.07) is 0. The van der Waals surface area contributed by atoms with E-state index in [0.29, 0.717) is 12.3 Å². The standard InChI is InChI=1S/C10H18INO2/c1-3-4-8-14-10(13)9(12-2)6-5-7-11/h6,12H,3-5,7-8H2,1-2H3. The molecule has 0 atom stereocenters. The van der Waals surface area contributed by atoms with Crippen molar-refractivity contribution in [2.45, 2.75) is 26.2 Å². The Balaban J connectivity index is 3.91. The van der Waals surface area contributed by atoms with Crippen LogP contribution in [0.25, 0.3) is 0 Å². The van der Waals surface area contributed by atoms with Crippen LogP contribution in [-0.4, -0.2) is 24.1 Å². The van der Waals surface area contributed by atoms with Crippen molar-refractivity contribution >= 4 is 28.6 Å². The van der Waals surface area contributed by atoms with Crippen LogP contribution in [0.15, 0.2) is 11.8 Å². The van der Waals surface area contributed by atoms with E-state index in [1.165, 1.54) is 0 Å². The molecule has 0 rings (SSSR count). The second kappa shape index (κ2) is 9.30. The maximum atomic E-state index is 11.4. The van der Waals surface area contributed by atoms with Crippen LogP contribution in [0.4, 0.5) is 0 Å². The lowest BCUT2D eigenvalue weighted by Gasteiger charge is -2.06. The summed E-state index contributed by atoms with van der Waals surface area (Å²) in [5, 5.41) is 2.85. The van der Waals surface area contributed by atoms with Gasteiger partial charge in [-0.15, -0.1) is 0 Å². The SMILES string of the molecule is CCCCOC(=O)C(=CCCI)NC. The van der Waals surface area contributed by atoms with Gasteiger partial charge in [-0.1, -0.05) is 42.0 Å². The molecule has 14 heavy (non-hydrogen) atoms. The highest BCUT2D eigenvalue weighted by Crippen LogP contribution is 1.99. The van der Waals surface area contributed by atoms with Gasteiger partial charge in [-0.25, -0.2) is 4.79 Å². The van der Waals surface area contributed by atoms with Crippen molar-refractivity contribution in [3.63, 3.8) is 0 Å². The molecule has 0 saturated heterocycles. The molecule has 0 aliphatic carbocycles. The molecule has 0 radical (unpaired) electrons. The molecule has 0 spiro atoms. The van der Waals surface area contributed by atoms with Gasteiger partial charge in [-0.05, 0) is 12.8 Å². The number of ether oxygens (including phenoxy) is 1. The highest BCUT2D eigenvalue weighted by atomic mass is 127. The Kier molecular flexibility index (Phi) is 9.13. The molecule has 0 aromatic rings. The van der Waals surface area contributed by atoms with E-state index in [2.05, 4.69) is 34.8 Å². The van der Waals surface area contributed by atoms with Gasteiger partial charge in [0.05, 0.1) is 6.61 Å². The Morgan fingerprint density at radius 2 is 2.29 bits per heavy atom. The van der Waals surface area contributed by atoms with Crippen molar-refractivity contribution in [2.75, 3.05) is 18.1 Å². The monoisotopic (exact) mass is 311 g/mol. The first-order valence-corrected chi connectivity index (χ1v) is 6.39. The number of hydrogen-bond donors (Lipinski definition) is 1. The van der Waals surface area contributed by atoms with E-state index in [0.717, 1.165) is 23.7 Å². The Bertz CT molecular complexity index is 193.